The molecule has 7 heteroatoms. The zero-order valence-electron chi connectivity index (χ0n) is 25.0. The highest BCUT2D eigenvalue weighted by Gasteiger charge is 2.47. The first kappa shape index (κ1) is 27.9. The van der Waals surface area contributed by atoms with Crippen molar-refractivity contribution in [3.63, 3.8) is 0 Å². The van der Waals surface area contributed by atoms with Crippen molar-refractivity contribution >= 4 is 47.0 Å². The Morgan fingerprint density at radius 2 is 1.84 bits per heavy atom. The van der Waals surface area contributed by atoms with Crippen LogP contribution in [0.4, 0.5) is 17.1 Å². The molecule has 1 saturated carbocycles. The number of likely N-dealkylation sites (N-methyl/N-ethyl adjacent to an activating group) is 1. The smallest absolute Gasteiger partial charge is 0.294 e. The SMILES string of the molecule is CC[NH+]1c2ccccc2C(C)(C)C1C=c1s/c(=C/c2ccc3c(c2)C2CCCC2N3c2ccccc2)c(=O)n1COC=O. The van der Waals surface area contributed by atoms with E-state index in [1.54, 1.807) is 4.57 Å². The molecule has 220 valence electrons. The maximum atomic E-state index is 13.8. The molecule has 3 aliphatic rings. The average molecular weight is 593 g/mol. The van der Waals surface area contributed by atoms with Crippen LogP contribution in [0.25, 0.3) is 12.2 Å². The minimum Gasteiger partial charge on any atom is -0.446 e. The van der Waals surface area contributed by atoms with Gasteiger partial charge < -0.3 is 9.64 Å². The van der Waals surface area contributed by atoms with Gasteiger partial charge in [-0.05, 0) is 81.1 Å². The van der Waals surface area contributed by atoms with Crippen LogP contribution in [0.2, 0.25) is 0 Å². The van der Waals surface area contributed by atoms with E-state index >= 15 is 0 Å². The minimum atomic E-state index is -0.130. The van der Waals surface area contributed by atoms with E-state index in [0.717, 1.165) is 16.8 Å². The fraction of sp³-hybridized carbons (Fsp3) is 0.333. The Hall–Kier alpha value is -3.94. The molecule has 4 aromatic rings. The number of thiazole rings is 1. The first-order valence-corrected chi connectivity index (χ1v) is 16.2. The minimum absolute atomic E-state index is 0.0972. The maximum absolute atomic E-state index is 13.8. The van der Waals surface area contributed by atoms with Crippen molar-refractivity contribution in [1.29, 1.82) is 0 Å². The number of ether oxygens (including phenoxy) is 1. The largest absolute Gasteiger partial charge is 0.446 e. The molecule has 3 heterocycles. The second kappa shape index (κ2) is 11.0. The fourth-order valence-corrected chi connectivity index (χ4v) is 8.95. The maximum Gasteiger partial charge on any atom is 0.294 e. The summed E-state index contributed by atoms with van der Waals surface area (Å²) in [5.74, 6) is 0.502. The van der Waals surface area contributed by atoms with Crippen molar-refractivity contribution in [3.8, 4) is 0 Å². The van der Waals surface area contributed by atoms with Crippen LogP contribution in [0.5, 0.6) is 0 Å². The monoisotopic (exact) mass is 592 g/mol. The van der Waals surface area contributed by atoms with Crippen LogP contribution in [-0.2, 0) is 21.7 Å². The van der Waals surface area contributed by atoms with E-state index in [0.29, 0.717) is 23.0 Å². The topological polar surface area (TPSA) is 56.0 Å². The van der Waals surface area contributed by atoms with Crippen molar-refractivity contribution in [2.45, 2.75) is 70.2 Å². The van der Waals surface area contributed by atoms with Gasteiger partial charge in [-0.1, -0.05) is 48.9 Å². The van der Waals surface area contributed by atoms with Gasteiger partial charge in [-0.25, -0.2) is 0 Å². The standard InChI is InChI=1S/C36H37N3O3S/c1-4-37-31-15-9-8-14-28(31)36(2,3)33(37)21-34-38(22-42-23-40)35(41)32(43-34)20-24-17-18-30-27(19-24)26-13-10-16-29(26)39(30)25-11-6-5-7-12-25/h5-9,11-12,14-15,17-21,23,26,29,33H,4,10,13,16,22H2,1-3H3/p+1/b32-20+,34-21?. The van der Waals surface area contributed by atoms with Gasteiger partial charge in [-0.2, -0.15) is 0 Å². The number of aromatic nitrogens is 1. The molecule has 1 fully saturated rings. The molecule has 4 unspecified atom stereocenters. The number of fused-ring (bicyclic) bond motifs is 4. The number of hydrogen-bond acceptors (Lipinski definition) is 5. The molecular weight excluding hydrogens is 554 g/mol. The van der Waals surface area contributed by atoms with Gasteiger partial charge >= 0.3 is 0 Å². The molecule has 43 heavy (non-hydrogen) atoms. The first-order chi connectivity index (χ1) is 20.9. The summed E-state index contributed by atoms with van der Waals surface area (Å²) in [5, 5.41) is 0. The van der Waals surface area contributed by atoms with E-state index in [9.17, 15) is 9.59 Å². The highest BCUT2D eigenvalue weighted by atomic mass is 32.1. The summed E-state index contributed by atoms with van der Waals surface area (Å²) in [6.45, 7) is 8.00. The van der Waals surface area contributed by atoms with Crippen LogP contribution in [-0.4, -0.2) is 29.7 Å². The number of anilines is 2. The van der Waals surface area contributed by atoms with Crippen molar-refractivity contribution in [1.82, 2.24) is 4.57 Å². The Kier molecular flexibility index (Phi) is 7.10. The third-order valence-electron chi connectivity index (χ3n) is 9.87. The second-order valence-electron chi connectivity index (χ2n) is 12.5. The van der Waals surface area contributed by atoms with Crippen molar-refractivity contribution in [2.24, 2.45) is 0 Å². The molecule has 0 bridgehead atoms. The van der Waals surface area contributed by atoms with Gasteiger partial charge in [0.2, 0.25) is 0 Å². The van der Waals surface area contributed by atoms with Crippen LogP contribution in [0.1, 0.15) is 62.6 Å². The number of carbonyl (C=O) groups is 1. The molecule has 6 nitrogen and oxygen atoms in total. The molecule has 7 rings (SSSR count). The van der Waals surface area contributed by atoms with Crippen LogP contribution >= 0.6 is 11.3 Å². The van der Waals surface area contributed by atoms with Gasteiger partial charge in [-0.15, -0.1) is 11.3 Å². The average Bonchev–Trinajstić information content (AvgIpc) is 3.74. The second-order valence-corrected chi connectivity index (χ2v) is 13.6. The van der Waals surface area contributed by atoms with E-state index in [1.807, 2.05) is 6.08 Å². The lowest BCUT2D eigenvalue weighted by Gasteiger charge is -2.27. The number of benzene rings is 3. The molecule has 3 aromatic carbocycles. The highest BCUT2D eigenvalue weighted by Crippen LogP contribution is 2.52. The molecule has 1 N–H and O–H groups in total. The summed E-state index contributed by atoms with van der Waals surface area (Å²) in [7, 11) is 0. The summed E-state index contributed by atoms with van der Waals surface area (Å²) in [4.78, 5) is 28.8. The fourth-order valence-electron chi connectivity index (χ4n) is 7.89. The number of nitrogens with zero attached hydrogens (tertiary/aromatic N) is 2. The third-order valence-corrected chi connectivity index (χ3v) is 11.0. The van der Waals surface area contributed by atoms with E-state index < -0.39 is 0 Å². The molecule has 0 spiro atoms. The van der Waals surface area contributed by atoms with Crippen LogP contribution in [0, 0.1) is 0 Å². The highest BCUT2D eigenvalue weighted by molar-refractivity contribution is 7.07. The lowest BCUT2D eigenvalue weighted by Crippen LogP contribution is -3.10. The molecule has 0 saturated heterocycles. The molecular formula is C36H38N3O3S+. The summed E-state index contributed by atoms with van der Waals surface area (Å²) in [6, 6.07) is 26.6. The van der Waals surface area contributed by atoms with E-state index in [4.69, 9.17) is 4.74 Å². The van der Waals surface area contributed by atoms with Crippen LogP contribution in [0.3, 0.4) is 0 Å². The predicted molar refractivity (Wildman–Crippen MR) is 173 cm³/mol. The normalized spacial score (nSPS) is 24.2. The number of para-hydroxylation sites is 2. The Morgan fingerprint density at radius 1 is 1.05 bits per heavy atom. The van der Waals surface area contributed by atoms with E-state index in [-0.39, 0.29) is 23.7 Å². The summed E-state index contributed by atoms with van der Waals surface area (Å²) >= 11 is 1.48. The molecule has 1 aromatic heterocycles. The van der Waals surface area contributed by atoms with Crippen molar-refractivity contribution < 1.29 is 14.4 Å². The summed E-state index contributed by atoms with van der Waals surface area (Å²) in [6.07, 6.45) is 7.84. The molecule has 4 atom stereocenters. The Morgan fingerprint density at radius 3 is 2.63 bits per heavy atom. The van der Waals surface area contributed by atoms with Crippen molar-refractivity contribution in [3.05, 3.63) is 109 Å². The Bertz CT molecular complexity index is 1860. The lowest BCUT2D eigenvalue weighted by molar-refractivity contribution is -0.845. The van der Waals surface area contributed by atoms with Gasteiger partial charge in [0.25, 0.3) is 12.0 Å². The molecule has 0 radical (unpaired) electrons. The Balaban J connectivity index is 1.32. The third kappa shape index (κ3) is 4.57. The number of rotatable bonds is 7. The Labute approximate surface area is 256 Å². The van der Waals surface area contributed by atoms with Gasteiger partial charge in [0, 0.05) is 35.0 Å². The van der Waals surface area contributed by atoms with Gasteiger partial charge in [-0.3, -0.25) is 19.1 Å². The first-order valence-electron chi connectivity index (χ1n) is 15.3. The van der Waals surface area contributed by atoms with Crippen LogP contribution < -0.4 is 24.6 Å². The molecule has 1 aliphatic carbocycles. The number of quaternary nitrogens is 1. The zero-order valence-corrected chi connectivity index (χ0v) is 25.8. The predicted octanol–water partition coefficient (Wildman–Crippen LogP) is 4.33. The van der Waals surface area contributed by atoms with E-state index in [2.05, 4.69) is 105 Å². The van der Waals surface area contributed by atoms with E-state index in [1.165, 1.54) is 63.7 Å². The molecule has 0 amide bonds. The van der Waals surface area contributed by atoms with Crippen LogP contribution in [0.15, 0.2) is 77.6 Å². The van der Waals surface area contributed by atoms with Crippen molar-refractivity contribution in [2.75, 3.05) is 11.4 Å². The zero-order chi connectivity index (χ0) is 29.7. The van der Waals surface area contributed by atoms with Gasteiger partial charge in [0.15, 0.2) is 6.73 Å². The number of hydrogen-bond donors (Lipinski definition) is 1. The summed E-state index contributed by atoms with van der Waals surface area (Å²) < 4.78 is 8.21. The quantitative estimate of drug-likeness (QED) is 0.325. The number of carbonyl (C=O) groups excluding carboxylic acids is 1. The lowest BCUT2D eigenvalue weighted by atomic mass is 9.80. The van der Waals surface area contributed by atoms with Gasteiger partial charge in [0.05, 0.1) is 16.5 Å². The van der Waals surface area contributed by atoms with Gasteiger partial charge in [0.1, 0.15) is 16.4 Å². The summed E-state index contributed by atoms with van der Waals surface area (Å²) in [5.41, 5.74) is 7.32. The number of nitrogens with one attached hydrogen (secondary N) is 1. The molecule has 2 aliphatic heterocycles.